The average Bonchev–Trinajstić information content (AvgIpc) is 2.67. The highest BCUT2D eigenvalue weighted by atomic mass is 79.9. The fourth-order valence-electron chi connectivity index (χ4n) is 2.99. The zero-order valence-corrected chi connectivity index (χ0v) is 19.8. The Hall–Kier alpha value is -2.38. The molecule has 0 radical (unpaired) electrons. The fourth-order valence-corrected chi connectivity index (χ4v) is 3.65. The highest BCUT2D eigenvalue weighted by Crippen LogP contribution is 2.36. The molecule has 0 amide bonds. The van der Waals surface area contributed by atoms with E-state index in [-0.39, 0.29) is 5.56 Å². The van der Waals surface area contributed by atoms with E-state index in [1.54, 1.807) is 24.4 Å². The summed E-state index contributed by atoms with van der Waals surface area (Å²) in [5, 5.41) is 5.35. The second-order valence-corrected chi connectivity index (χ2v) is 9.00. The van der Waals surface area contributed by atoms with Gasteiger partial charge in [0.1, 0.15) is 5.82 Å². The van der Waals surface area contributed by atoms with Crippen molar-refractivity contribution in [3.05, 3.63) is 61.6 Å². The Bertz CT molecular complexity index is 1180. The molecule has 3 rings (SSSR count). The van der Waals surface area contributed by atoms with Crippen molar-refractivity contribution in [2.24, 2.45) is 5.10 Å². The summed E-state index contributed by atoms with van der Waals surface area (Å²) in [5.74, 6) is 1.53. The molecule has 3 aromatic rings. The van der Waals surface area contributed by atoms with Gasteiger partial charge in [-0.3, -0.25) is 4.79 Å². The van der Waals surface area contributed by atoms with Crippen LogP contribution >= 0.6 is 27.5 Å². The Morgan fingerprint density at radius 3 is 2.63 bits per heavy atom. The molecule has 6 nitrogen and oxygen atoms in total. The monoisotopic (exact) mass is 491 g/mol. The van der Waals surface area contributed by atoms with Crippen LogP contribution < -0.4 is 15.0 Å². The normalized spacial score (nSPS) is 12.0. The molecular formula is C22H23BrClN3O3. The molecule has 1 heterocycles. The van der Waals surface area contributed by atoms with Crippen molar-refractivity contribution in [2.45, 2.75) is 33.1 Å². The summed E-state index contributed by atoms with van der Waals surface area (Å²) in [6, 6.07) is 8.91. The van der Waals surface area contributed by atoms with Gasteiger partial charge in [-0.2, -0.15) is 9.78 Å². The Morgan fingerprint density at radius 2 is 2.00 bits per heavy atom. The molecule has 30 heavy (non-hydrogen) atoms. The van der Waals surface area contributed by atoms with E-state index in [4.69, 9.17) is 26.1 Å². The topological polar surface area (TPSA) is 65.7 Å². The van der Waals surface area contributed by atoms with Crippen LogP contribution in [0, 0.1) is 0 Å². The number of rotatable bonds is 5. The minimum absolute atomic E-state index is 0.243. The first-order valence-electron chi connectivity index (χ1n) is 9.43. The van der Waals surface area contributed by atoms with Gasteiger partial charge in [0.25, 0.3) is 5.56 Å². The van der Waals surface area contributed by atoms with Gasteiger partial charge in [0.2, 0.25) is 0 Å². The van der Waals surface area contributed by atoms with Crippen molar-refractivity contribution in [3.8, 4) is 11.5 Å². The molecule has 0 spiro atoms. The highest BCUT2D eigenvalue weighted by molar-refractivity contribution is 9.10. The molecule has 0 saturated carbocycles. The van der Waals surface area contributed by atoms with Crippen LogP contribution in [0.4, 0.5) is 0 Å². The molecule has 1 aromatic heterocycles. The second kappa shape index (κ2) is 8.78. The Labute approximate surface area is 188 Å². The van der Waals surface area contributed by atoms with Gasteiger partial charge in [-0.05, 0) is 42.8 Å². The van der Waals surface area contributed by atoms with E-state index < -0.39 is 5.41 Å². The molecule has 2 aromatic carbocycles. The molecule has 0 aliphatic rings. The zero-order valence-electron chi connectivity index (χ0n) is 17.5. The Morgan fingerprint density at radius 1 is 1.27 bits per heavy atom. The third-order valence-electron chi connectivity index (χ3n) is 4.34. The minimum atomic E-state index is -0.397. The highest BCUT2D eigenvalue weighted by Gasteiger charge is 2.23. The van der Waals surface area contributed by atoms with E-state index in [1.807, 2.05) is 39.8 Å². The standard InChI is InChI=1S/C22H23BrClN3O3/c1-6-30-18-10-13(9-16(24)19(18)29-5)12-25-27-20(28)15-11-14(23)7-8-17(15)26-21(27)22(2,3)4/h7-12H,6H2,1-5H3. The summed E-state index contributed by atoms with van der Waals surface area (Å²) in [6.45, 7) is 8.31. The maximum atomic E-state index is 13.2. The summed E-state index contributed by atoms with van der Waals surface area (Å²) in [4.78, 5) is 17.9. The first kappa shape index (κ1) is 22.3. The smallest absolute Gasteiger partial charge is 0.282 e. The average molecular weight is 493 g/mol. The number of halogens is 2. The van der Waals surface area contributed by atoms with Crippen LogP contribution in [0.5, 0.6) is 11.5 Å². The quantitative estimate of drug-likeness (QED) is 0.447. The first-order chi connectivity index (χ1) is 14.2. The van der Waals surface area contributed by atoms with Gasteiger partial charge in [-0.25, -0.2) is 4.98 Å². The molecule has 158 valence electrons. The maximum Gasteiger partial charge on any atom is 0.282 e. The van der Waals surface area contributed by atoms with Crippen LogP contribution in [0.2, 0.25) is 5.02 Å². The summed E-state index contributed by atoms with van der Waals surface area (Å²) < 4.78 is 13.1. The van der Waals surface area contributed by atoms with Gasteiger partial charge >= 0.3 is 0 Å². The molecule has 0 atom stereocenters. The van der Waals surface area contributed by atoms with E-state index in [9.17, 15) is 4.79 Å². The predicted octanol–water partition coefficient (Wildman–Crippen LogP) is 5.40. The number of ether oxygens (including phenoxy) is 2. The molecule has 0 fully saturated rings. The van der Waals surface area contributed by atoms with Crippen molar-refractivity contribution >= 4 is 44.6 Å². The lowest BCUT2D eigenvalue weighted by Crippen LogP contribution is -2.29. The number of hydrogen-bond donors (Lipinski definition) is 0. The maximum absolute atomic E-state index is 13.2. The van der Waals surface area contributed by atoms with E-state index in [2.05, 4.69) is 21.0 Å². The van der Waals surface area contributed by atoms with Crippen molar-refractivity contribution < 1.29 is 9.47 Å². The first-order valence-corrected chi connectivity index (χ1v) is 10.6. The molecule has 0 unspecified atom stereocenters. The molecule has 0 bridgehead atoms. The van der Waals surface area contributed by atoms with Crippen molar-refractivity contribution in [3.63, 3.8) is 0 Å². The van der Waals surface area contributed by atoms with Crippen LogP contribution in [-0.4, -0.2) is 29.6 Å². The van der Waals surface area contributed by atoms with Crippen LogP contribution in [-0.2, 0) is 5.41 Å². The largest absolute Gasteiger partial charge is 0.491 e. The SMILES string of the molecule is CCOc1cc(C=Nn2c(C(C)(C)C)nc3ccc(Br)cc3c2=O)cc(Cl)c1OC. The number of fused-ring (bicyclic) bond motifs is 1. The molecule has 0 saturated heterocycles. The van der Waals surface area contributed by atoms with Gasteiger partial charge < -0.3 is 9.47 Å². The van der Waals surface area contributed by atoms with Gasteiger partial charge in [0, 0.05) is 9.89 Å². The van der Waals surface area contributed by atoms with E-state index in [1.165, 1.54) is 11.8 Å². The van der Waals surface area contributed by atoms with Crippen LogP contribution in [0.15, 0.2) is 44.7 Å². The minimum Gasteiger partial charge on any atom is -0.491 e. The van der Waals surface area contributed by atoms with Crippen LogP contribution in [0.25, 0.3) is 10.9 Å². The number of methoxy groups -OCH3 is 1. The Kier molecular flexibility index (Phi) is 6.53. The number of benzene rings is 2. The fraction of sp³-hybridized carbons (Fsp3) is 0.318. The zero-order chi connectivity index (χ0) is 22.1. The van der Waals surface area contributed by atoms with Crippen molar-refractivity contribution in [2.75, 3.05) is 13.7 Å². The lowest BCUT2D eigenvalue weighted by Gasteiger charge is -2.21. The van der Waals surface area contributed by atoms with E-state index in [0.29, 0.717) is 45.4 Å². The summed E-state index contributed by atoms with van der Waals surface area (Å²) in [7, 11) is 1.53. The summed E-state index contributed by atoms with van der Waals surface area (Å²) >= 11 is 9.74. The Balaban J connectivity index is 2.18. The number of hydrogen-bond acceptors (Lipinski definition) is 5. The van der Waals surface area contributed by atoms with Gasteiger partial charge in [0.15, 0.2) is 11.5 Å². The van der Waals surface area contributed by atoms with Crippen LogP contribution in [0.1, 0.15) is 39.1 Å². The third-order valence-corrected chi connectivity index (χ3v) is 5.11. The number of aromatic nitrogens is 2. The van der Waals surface area contributed by atoms with Crippen molar-refractivity contribution in [1.82, 2.24) is 9.66 Å². The van der Waals surface area contributed by atoms with E-state index in [0.717, 1.165) is 4.47 Å². The van der Waals surface area contributed by atoms with E-state index >= 15 is 0 Å². The summed E-state index contributed by atoms with van der Waals surface area (Å²) in [5.41, 5.74) is 0.661. The van der Waals surface area contributed by atoms with Gasteiger partial charge in [0.05, 0.1) is 35.9 Å². The molecular weight excluding hydrogens is 470 g/mol. The molecule has 0 N–H and O–H groups in total. The lowest BCUT2D eigenvalue weighted by molar-refractivity contribution is 0.311. The molecule has 8 heteroatoms. The second-order valence-electron chi connectivity index (χ2n) is 7.68. The molecule has 0 aliphatic heterocycles. The van der Waals surface area contributed by atoms with Gasteiger partial charge in [-0.1, -0.05) is 48.3 Å². The van der Waals surface area contributed by atoms with Crippen molar-refractivity contribution in [1.29, 1.82) is 0 Å². The lowest BCUT2D eigenvalue weighted by atomic mass is 9.95. The number of nitrogens with zero attached hydrogens (tertiary/aromatic N) is 3. The predicted molar refractivity (Wildman–Crippen MR) is 125 cm³/mol. The molecule has 0 aliphatic carbocycles. The third kappa shape index (κ3) is 4.52. The summed E-state index contributed by atoms with van der Waals surface area (Å²) in [6.07, 6.45) is 1.57. The van der Waals surface area contributed by atoms with Gasteiger partial charge in [-0.15, -0.1) is 0 Å². The van der Waals surface area contributed by atoms with Crippen LogP contribution in [0.3, 0.4) is 0 Å².